The molecule has 2 aliphatic rings. The Morgan fingerprint density at radius 2 is 1.94 bits per heavy atom. The van der Waals surface area contributed by atoms with Gasteiger partial charge in [0.15, 0.2) is 0 Å². The van der Waals surface area contributed by atoms with Crippen LogP contribution in [0, 0.1) is 5.92 Å². The molecule has 2 aliphatic heterocycles. The number of carbonyl (C=O) groups excluding carboxylic acids is 2. The fourth-order valence-corrected chi connectivity index (χ4v) is 5.15. The number of hydrogen-bond donors (Lipinski definition) is 1. The fraction of sp³-hybridized carbons (Fsp3) is 0.308. The second-order valence-electron chi connectivity index (χ2n) is 9.10. The van der Waals surface area contributed by atoms with Gasteiger partial charge in [-0.2, -0.15) is 0 Å². The zero-order chi connectivity index (χ0) is 23.8. The highest BCUT2D eigenvalue weighted by molar-refractivity contribution is 6.31. The second kappa shape index (κ2) is 9.06. The minimum absolute atomic E-state index is 0.0318. The lowest BCUT2D eigenvalue weighted by Crippen LogP contribution is -2.36. The van der Waals surface area contributed by atoms with Crippen molar-refractivity contribution in [1.82, 2.24) is 9.97 Å². The van der Waals surface area contributed by atoms with Crippen LogP contribution in [0.1, 0.15) is 36.0 Å². The Morgan fingerprint density at radius 1 is 1.15 bits per heavy atom. The van der Waals surface area contributed by atoms with E-state index in [9.17, 15) is 9.59 Å². The van der Waals surface area contributed by atoms with Gasteiger partial charge in [-0.3, -0.25) is 9.59 Å². The molecule has 2 N–H and O–H groups in total. The lowest BCUT2D eigenvalue weighted by Gasteiger charge is -2.22. The van der Waals surface area contributed by atoms with Crippen molar-refractivity contribution in [3.63, 3.8) is 0 Å². The summed E-state index contributed by atoms with van der Waals surface area (Å²) in [5.74, 6) is -0.300. The average molecular weight is 476 g/mol. The summed E-state index contributed by atoms with van der Waals surface area (Å²) in [6.07, 6.45) is 6.90. The first-order valence-corrected chi connectivity index (χ1v) is 11.8. The molecule has 0 aliphatic carbocycles. The summed E-state index contributed by atoms with van der Waals surface area (Å²) in [4.78, 5) is 37.8. The Morgan fingerprint density at radius 3 is 2.71 bits per heavy atom. The summed E-state index contributed by atoms with van der Waals surface area (Å²) < 4.78 is 0. The maximum atomic E-state index is 13.5. The van der Waals surface area contributed by atoms with Crippen LogP contribution < -0.4 is 15.5 Å². The zero-order valence-corrected chi connectivity index (χ0v) is 19.7. The number of anilines is 3. The van der Waals surface area contributed by atoms with Crippen LogP contribution in [0.15, 0.2) is 55.1 Å². The number of hydrogen-bond acceptors (Lipinski definition) is 5. The summed E-state index contributed by atoms with van der Waals surface area (Å²) in [7, 11) is 0. The molecule has 0 saturated carbocycles. The highest BCUT2D eigenvalue weighted by Crippen LogP contribution is 2.41. The van der Waals surface area contributed by atoms with Gasteiger partial charge in [-0.1, -0.05) is 30.7 Å². The fourth-order valence-electron chi connectivity index (χ4n) is 4.90. The molecule has 1 saturated heterocycles. The van der Waals surface area contributed by atoms with E-state index < -0.39 is 5.92 Å². The summed E-state index contributed by atoms with van der Waals surface area (Å²) in [6, 6.07) is 11.2. The van der Waals surface area contributed by atoms with E-state index in [1.165, 1.54) is 6.33 Å². The van der Waals surface area contributed by atoms with E-state index in [2.05, 4.69) is 23.0 Å². The smallest absolute Gasteiger partial charge is 0.232 e. The molecule has 3 heterocycles. The van der Waals surface area contributed by atoms with E-state index in [0.717, 1.165) is 40.9 Å². The third-order valence-corrected chi connectivity index (χ3v) is 7.04. The summed E-state index contributed by atoms with van der Waals surface area (Å²) >= 11 is 6.65. The standard InChI is InChI=1S/C26H26ClN5O2/c1-16-13-32(26(34)19-8-25(33)31(14-19)21-4-2-3-20(28)9-21)24-10-23(27)18(7-22(16)24)6-5-17-11-29-15-30-12-17/h2-4,7,9-12,15-16,19H,5-6,8,13-14,28H2,1H3/t16?,19-/m0/s1. The van der Waals surface area contributed by atoms with Crippen LogP contribution in [-0.2, 0) is 22.4 Å². The summed E-state index contributed by atoms with van der Waals surface area (Å²) in [5, 5.41) is 0.645. The molecule has 1 aromatic heterocycles. The molecule has 3 aromatic rings. The number of benzene rings is 2. The normalized spacial score (nSPS) is 19.5. The molecule has 0 spiro atoms. The molecule has 2 atom stereocenters. The van der Waals surface area contributed by atoms with Gasteiger partial charge in [-0.05, 0) is 53.8 Å². The first-order valence-electron chi connectivity index (χ1n) is 11.4. The molecular weight excluding hydrogens is 450 g/mol. The van der Waals surface area contributed by atoms with Crippen LogP contribution in [0.25, 0.3) is 0 Å². The van der Waals surface area contributed by atoms with Gasteiger partial charge < -0.3 is 15.5 Å². The molecule has 1 unspecified atom stereocenters. The van der Waals surface area contributed by atoms with Crippen molar-refractivity contribution >= 4 is 40.5 Å². The van der Waals surface area contributed by atoms with Crippen molar-refractivity contribution < 1.29 is 9.59 Å². The Kier molecular flexibility index (Phi) is 5.96. The highest BCUT2D eigenvalue weighted by Gasteiger charge is 2.40. The van der Waals surface area contributed by atoms with Crippen molar-refractivity contribution in [3.05, 3.63) is 76.8 Å². The van der Waals surface area contributed by atoms with Crippen LogP contribution in [0.4, 0.5) is 17.1 Å². The Bertz CT molecular complexity index is 1250. The molecule has 2 amide bonds. The van der Waals surface area contributed by atoms with E-state index in [-0.39, 0.29) is 24.2 Å². The SMILES string of the molecule is CC1CN(C(=O)[C@H]2CC(=O)N(c3cccc(N)c3)C2)c2cc(Cl)c(CCc3cncnc3)cc21. The van der Waals surface area contributed by atoms with Gasteiger partial charge in [-0.15, -0.1) is 0 Å². The van der Waals surface area contributed by atoms with E-state index in [1.807, 2.05) is 35.5 Å². The van der Waals surface area contributed by atoms with Crippen LogP contribution in [0.2, 0.25) is 5.02 Å². The number of nitrogens with zero attached hydrogens (tertiary/aromatic N) is 4. The van der Waals surface area contributed by atoms with Crippen molar-refractivity contribution in [2.45, 2.75) is 32.1 Å². The summed E-state index contributed by atoms with van der Waals surface area (Å²) in [6.45, 7) is 3.06. The molecule has 0 bridgehead atoms. The molecule has 34 heavy (non-hydrogen) atoms. The number of fused-ring (bicyclic) bond motifs is 1. The lowest BCUT2D eigenvalue weighted by molar-refractivity contribution is -0.124. The topological polar surface area (TPSA) is 92.4 Å². The van der Waals surface area contributed by atoms with E-state index in [1.54, 1.807) is 17.0 Å². The number of nitrogens with two attached hydrogens (primary N) is 1. The van der Waals surface area contributed by atoms with Gasteiger partial charge >= 0.3 is 0 Å². The van der Waals surface area contributed by atoms with Crippen LogP contribution in [-0.4, -0.2) is 34.9 Å². The number of aromatic nitrogens is 2. The van der Waals surface area contributed by atoms with E-state index >= 15 is 0 Å². The lowest BCUT2D eigenvalue weighted by atomic mass is 9.98. The number of aryl methyl sites for hydroxylation is 2. The van der Waals surface area contributed by atoms with Gasteiger partial charge in [0.05, 0.1) is 5.92 Å². The van der Waals surface area contributed by atoms with E-state index in [0.29, 0.717) is 23.8 Å². The predicted molar refractivity (Wildman–Crippen MR) is 133 cm³/mol. The minimum atomic E-state index is -0.399. The molecule has 0 radical (unpaired) electrons. The van der Waals surface area contributed by atoms with Gasteiger partial charge in [0.25, 0.3) is 0 Å². The quantitative estimate of drug-likeness (QED) is 0.563. The number of carbonyl (C=O) groups is 2. The largest absolute Gasteiger partial charge is 0.399 e. The Balaban J connectivity index is 1.34. The Labute approximate surface area is 203 Å². The van der Waals surface area contributed by atoms with Crippen molar-refractivity contribution in [3.8, 4) is 0 Å². The first kappa shape index (κ1) is 22.3. The molecule has 2 aromatic carbocycles. The molecule has 8 heteroatoms. The van der Waals surface area contributed by atoms with Crippen LogP contribution in [0.5, 0.6) is 0 Å². The summed E-state index contributed by atoms with van der Waals surface area (Å²) in [5.41, 5.74) is 11.3. The minimum Gasteiger partial charge on any atom is -0.399 e. The zero-order valence-electron chi connectivity index (χ0n) is 18.9. The van der Waals surface area contributed by atoms with Crippen molar-refractivity contribution in [1.29, 1.82) is 0 Å². The van der Waals surface area contributed by atoms with Crippen LogP contribution in [0.3, 0.4) is 0 Å². The van der Waals surface area contributed by atoms with Gasteiger partial charge in [0.2, 0.25) is 11.8 Å². The molecule has 1 fully saturated rings. The number of rotatable bonds is 5. The molecule has 5 rings (SSSR count). The maximum Gasteiger partial charge on any atom is 0.232 e. The van der Waals surface area contributed by atoms with Gasteiger partial charge in [-0.25, -0.2) is 9.97 Å². The number of nitrogen functional groups attached to an aromatic ring is 1. The number of amides is 2. The monoisotopic (exact) mass is 475 g/mol. The first-order chi connectivity index (χ1) is 16.4. The maximum absolute atomic E-state index is 13.5. The Hall–Kier alpha value is -3.45. The third kappa shape index (κ3) is 4.23. The molecular formula is C26H26ClN5O2. The van der Waals surface area contributed by atoms with Gasteiger partial charge in [0.1, 0.15) is 6.33 Å². The van der Waals surface area contributed by atoms with Crippen LogP contribution >= 0.6 is 11.6 Å². The molecule has 174 valence electrons. The third-order valence-electron chi connectivity index (χ3n) is 6.69. The highest BCUT2D eigenvalue weighted by atomic mass is 35.5. The van der Waals surface area contributed by atoms with E-state index in [4.69, 9.17) is 17.3 Å². The number of halogens is 1. The van der Waals surface area contributed by atoms with Gasteiger partial charge in [0, 0.05) is 59.9 Å². The van der Waals surface area contributed by atoms with Crippen molar-refractivity contribution in [2.75, 3.05) is 28.6 Å². The molecule has 7 nitrogen and oxygen atoms in total. The van der Waals surface area contributed by atoms with Crippen molar-refractivity contribution in [2.24, 2.45) is 5.92 Å². The predicted octanol–water partition coefficient (Wildman–Crippen LogP) is 4.00. The second-order valence-corrected chi connectivity index (χ2v) is 9.51. The average Bonchev–Trinajstić information content (AvgIpc) is 3.37.